The van der Waals surface area contributed by atoms with Crippen LogP contribution in [0.4, 0.5) is 0 Å². The summed E-state index contributed by atoms with van der Waals surface area (Å²) < 4.78 is 0. The van der Waals surface area contributed by atoms with E-state index in [0.29, 0.717) is 6.73 Å². The fraction of sp³-hybridized carbons (Fsp3) is 0. The molecule has 0 aliphatic heterocycles. The number of hydrogen-bond acceptors (Lipinski definition) is 3. The summed E-state index contributed by atoms with van der Waals surface area (Å²) in [4.78, 5) is 0. The maximum atomic E-state index is 7.40. The van der Waals surface area contributed by atoms with E-state index in [9.17, 15) is 0 Å². The molecule has 0 aliphatic rings. The Morgan fingerprint density at radius 3 is 2.25 bits per heavy atom. The molecule has 1 radical (unpaired) electrons. The highest BCUT2D eigenvalue weighted by Crippen LogP contribution is 1.57. The van der Waals surface area contributed by atoms with Crippen LogP contribution >= 0.6 is 0 Å². The Balaban J connectivity index is 2.30. The van der Waals surface area contributed by atoms with Gasteiger partial charge in [-0.25, -0.2) is 5.53 Å². The highest BCUT2D eigenvalue weighted by Gasteiger charge is 1.49. The van der Waals surface area contributed by atoms with Gasteiger partial charge in [0.05, 0.1) is 0 Å². The van der Waals surface area contributed by atoms with E-state index in [4.69, 9.17) is 10.6 Å². The Morgan fingerprint density at radius 1 is 2.00 bits per heavy atom. The summed E-state index contributed by atoms with van der Waals surface area (Å²) in [5.41, 5.74) is 5.77. The summed E-state index contributed by atoms with van der Waals surface area (Å²) in [5.74, 6) is 0. The Morgan fingerprint density at radius 2 is 2.25 bits per heavy atom. The lowest BCUT2D eigenvalue weighted by molar-refractivity contribution is 0.383. The van der Waals surface area contributed by atoms with Gasteiger partial charge < -0.3 is 5.11 Å². The van der Waals surface area contributed by atoms with Crippen LogP contribution in [0.15, 0.2) is 5.11 Å². The predicted octanol–water partition coefficient (Wildman–Crippen LogP) is 0.509. The van der Waals surface area contributed by atoms with Crippen molar-refractivity contribution in [2.45, 2.75) is 0 Å². The van der Waals surface area contributed by atoms with E-state index in [-0.39, 0.29) is 0 Å². The Labute approximate surface area is 23.8 Å². The van der Waals surface area contributed by atoms with Crippen LogP contribution in [-0.2, 0) is 0 Å². The number of rotatable bonds is 1. The van der Waals surface area contributed by atoms with Gasteiger partial charge in [0.1, 0.15) is 0 Å². The van der Waals surface area contributed by atoms with E-state index in [2.05, 4.69) is 5.11 Å². The maximum absolute atomic E-state index is 7.40. The van der Waals surface area contributed by atoms with Crippen LogP contribution in [0.1, 0.15) is 0 Å². The highest BCUT2D eigenvalue weighted by atomic mass is 16.3. The molecule has 4 heavy (non-hydrogen) atoms. The van der Waals surface area contributed by atoms with E-state index in [1.807, 2.05) is 0 Å². The minimum absolute atomic E-state index is 0.417. The summed E-state index contributed by atoms with van der Waals surface area (Å²) >= 11 is 0. The molecule has 0 aliphatic carbocycles. The molecule has 0 rings (SSSR count). The number of nitrogens with one attached hydrogen (secondary N) is 1. The second-order valence-corrected chi connectivity index (χ2v) is 0.245. The van der Waals surface area contributed by atoms with E-state index in [0.717, 1.165) is 0 Å². The standard InChI is InChI=1S/CH3N2O/c2-3-1-4/h1-2,4H. The van der Waals surface area contributed by atoms with Crippen LogP contribution in [0, 0.1) is 12.3 Å². The molecule has 0 heterocycles. The molecule has 0 saturated carbocycles. The molecule has 0 atom stereocenters. The summed E-state index contributed by atoms with van der Waals surface area (Å²) in [6.07, 6.45) is 0. The van der Waals surface area contributed by atoms with Gasteiger partial charge in [-0.1, -0.05) is 0 Å². The van der Waals surface area contributed by atoms with Crippen molar-refractivity contribution in [3.8, 4) is 0 Å². The van der Waals surface area contributed by atoms with Crippen molar-refractivity contribution in [3.63, 3.8) is 0 Å². The zero-order valence-corrected chi connectivity index (χ0v) is 1.97. The molecule has 0 saturated heterocycles. The van der Waals surface area contributed by atoms with Crippen molar-refractivity contribution < 1.29 is 5.11 Å². The molecule has 0 aromatic carbocycles. The molecule has 0 amide bonds. The van der Waals surface area contributed by atoms with E-state index in [1.165, 1.54) is 0 Å². The molecular weight excluding hydrogens is 56.0 g/mol. The molecular formula is CH3N2O. The zero-order valence-electron chi connectivity index (χ0n) is 1.97. The Kier molecular flexibility index (Phi) is 2.28. The third-order valence-electron chi connectivity index (χ3n) is 0.0577. The second kappa shape index (κ2) is 2.56. The lowest BCUT2D eigenvalue weighted by Crippen LogP contribution is -1.49. The van der Waals surface area contributed by atoms with Crippen molar-refractivity contribution in [1.82, 2.24) is 0 Å². The third-order valence-corrected chi connectivity index (χ3v) is 0.0577. The fourth-order valence-corrected chi connectivity index (χ4v) is 0. The van der Waals surface area contributed by atoms with Crippen molar-refractivity contribution >= 4 is 0 Å². The van der Waals surface area contributed by atoms with Crippen LogP contribution in [0.3, 0.4) is 0 Å². The first-order valence-electron chi connectivity index (χ1n) is 0.740. The van der Waals surface area contributed by atoms with Crippen LogP contribution in [-0.4, -0.2) is 5.11 Å². The van der Waals surface area contributed by atoms with Crippen molar-refractivity contribution in [2.75, 3.05) is 0 Å². The molecule has 0 aromatic heterocycles. The van der Waals surface area contributed by atoms with Crippen LogP contribution in [0.25, 0.3) is 0 Å². The third kappa shape index (κ3) is 1.56. The minimum Gasteiger partial charge on any atom is -0.367 e. The summed E-state index contributed by atoms with van der Waals surface area (Å²) in [6.45, 7) is 0.417. The molecule has 0 bridgehead atoms. The van der Waals surface area contributed by atoms with Gasteiger partial charge in [-0.05, 0) is 0 Å². The van der Waals surface area contributed by atoms with E-state index >= 15 is 0 Å². The van der Waals surface area contributed by atoms with Gasteiger partial charge in [-0.15, -0.1) is 0 Å². The fourth-order valence-electron chi connectivity index (χ4n) is 0. The normalized spacial score (nSPS) is 6.25. The SMILES string of the molecule is N=N[CH]O. The Hall–Kier alpha value is -0.440. The first kappa shape index (κ1) is 3.56. The number of aliphatic hydroxyl groups is 1. The molecule has 3 heteroatoms. The number of hydrogen-bond donors (Lipinski definition) is 2. The van der Waals surface area contributed by atoms with Gasteiger partial charge in [0.2, 0.25) is 6.73 Å². The maximum Gasteiger partial charge on any atom is 0.214 e. The number of nitrogens with zero attached hydrogens (tertiary/aromatic N) is 1. The molecule has 3 nitrogen and oxygen atoms in total. The smallest absolute Gasteiger partial charge is 0.214 e. The highest BCUT2D eigenvalue weighted by molar-refractivity contribution is 4.19. The zero-order chi connectivity index (χ0) is 3.41. The quantitative estimate of drug-likeness (QED) is 0.425. The first-order valence-corrected chi connectivity index (χ1v) is 0.740. The topological polar surface area (TPSA) is 56.4 Å². The van der Waals surface area contributed by atoms with Crippen LogP contribution in [0.2, 0.25) is 0 Å². The van der Waals surface area contributed by atoms with Crippen LogP contribution in [0.5, 0.6) is 0 Å². The minimum atomic E-state index is 0.417. The van der Waals surface area contributed by atoms with Gasteiger partial charge in [-0.3, -0.25) is 0 Å². The Bertz CT molecular complexity index is 20.0. The molecule has 0 fully saturated rings. The van der Waals surface area contributed by atoms with Crippen LogP contribution < -0.4 is 0 Å². The summed E-state index contributed by atoms with van der Waals surface area (Å²) in [5, 5.41) is 9.81. The largest absolute Gasteiger partial charge is 0.367 e. The first-order chi connectivity index (χ1) is 1.91. The monoisotopic (exact) mass is 59.0 g/mol. The lowest BCUT2D eigenvalue weighted by atomic mass is 11.4. The van der Waals surface area contributed by atoms with Gasteiger partial charge in [0.25, 0.3) is 0 Å². The van der Waals surface area contributed by atoms with Gasteiger partial charge in [0, 0.05) is 0 Å². The molecule has 0 unspecified atom stereocenters. The van der Waals surface area contributed by atoms with Crippen molar-refractivity contribution in [1.29, 1.82) is 5.53 Å². The van der Waals surface area contributed by atoms with E-state index in [1.54, 1.807) is 0 Å². The number of aliphatic hydroxyl groups excluding tert-OH is 1. The molecule has 23 valence electrons. The van der Waals surface area contributed by atoms with Gasteiger partial charge >= 0.3 is 0 Å². The van der Waals surface area contributed by atoms with Gasteiger partial charge in [0.15, 0.2) is 0 Å². The predicted molar refractivity (Wildman–Crippen MR) is 11.4 cm³/mol. The molecule has 0 spiro atoms. The average molecular weight is 59.0 g/mol. The van der Waals surface area contributed by atoms with Gasteiger partial charge in [-0.2, -0.15) is 5.11 Å². The summed E-state index contributed by atoms with van der Waals surface area (Å²) in [7, 11) is 0. The second-order valence-electron chi connectivity index (χ2n) is 0.245. The molecule has 2 N–H and O–H groups in total. The summed E-state index contributed by atoms with van der Waals surface area (Å²) in [6, 6.07) is 0. The lowest BCUT2D eigenvalue weighted by Gasteiger charge is -1.57. The average Bonchev–Trinajstić information content (AvgIpc) is 1.37. The molecule has 0 aromatic rings. The van der Waals surface area contributed by atoms with E-state index < -0.39 is 0 Å². The van der Waals surface area contributed by atoms with Crippen molar-refractivity contribution in [2.24, 2.45) is 5.11 Å². The van der Waals surface area contributed by atoms with Crippen molar-refractivity contribution in [3.05, 3.63) is 6.73 Å².